The second kappa shape index (κ2) is 5.70. The van der Waals surface area contributed by atoms with Gasteiger partial charge in [-0.1, -0.05) is 18.2 Å². The molecular formula is C15H18N2OS. The number of benzene rings is 1. The topological polar surface area (TPSA) is 44.9 Å². The summed E-state index contributed by atoms with van der Waals surface area (Å²) < 4.78 is 0. The molecule has 2 heterocycles. The van der Waals surface area contributed by atoms with Crippen LogP contribution in [0.15, 0.2) is 30.5 Å². The number of carbonyl (C=O) groups is 1. The van der Waals surface area contributed by atoms with E-state index in [1.165, 1.54) is 0 Å². The smallest absolute Gasteiger partial charge is 0.224 e. The fraction of sp³-hybridized carbons (Fsp3) is 0.400. The second-order valence-electron chi connectivity index (χ2n) is 4.99. The second-order valence-corrected chi connectivity index (χ2v) is 6.22. The van der Waals surface area contributed by atoms with Crippen LogP contribution < -0.4 is 5.32 Å². The van der Waals surface area contributed by atoms with Gasteiger partial charge < -0.3 is 10.3 Å². The van der Waals surface area contributed by atoms with E-state index in [1.807, 2.05) is 36.2 Å². The van der Waals surface area contributed by atoms with Crippen LogP contribution in [0.4, 0.5) is 0 Å². The van der Waals surface area contributed by atoms with E-state index in [0.717, 1.165) is 40.8 Å². The zero-order chi connectivity index (χ0) is 13.1. The third-order valence-electron chi connectivity index (χ3n) is 3.61. The molecular weight excluding hydrogens is 256 g/mol. The molecule has 1 aromatic carbocycles. The quantitative estimate of drug-likeness (QED) is 0.904. The number of H-pyrrole nitrogens is 1. The first kappa shape index (κ1) is 12.6. The van der Waals surface area contributed by atoms with E-state index in [2.05, 4.69) is 16.4 Å². The molecule has 100 valence electrons. The van der Waals surface area contributed by atoms with Gasteiger partial charge in [-0.25, -0.2) is 0 Å². The summed E-state index contributed by atoms with van der Waals surface area (Å²) in [5, 5.41) is 4.31. The van der Waals surface area contributed by atoms with Gasteiger partial charge in [-0.2, -0.15) is 11.8 Å². The lowest BCUT2D eigenvalue weighted by Gasteiger charge is -2.22. The van der Waals surface area contributed by atoms with Crippen LogP contribution in [0.2, 0.25) is 0 Å². The predicted octanol–water partition coefficient (Wildman–Crippen LogP) is 2.72. The SMILES string of the molecule is O=C(Cc1c[nH]c2ccccc12)NC1CCSCC1. The Hall–Kier alpha value is -1.42. The number of aromatic nitrogens is 1. The Balaban J connectivity index is 1.65. The molecule has 2 aromatic rings. The first-order valence-electron chi connectivity index (χ1n) is 6.75. The molecule has 0 unspecified atom stereocenters. The molecule has 0 bridgehead atoms. The lowest BCUT2D eigenvalue weighted by molar-refractivity contribution is -0.121. The van der Waals surface area contributed by atoms with Crippen LogP contribution in [0.3, 0.4) is 0 Å². The number of nitrogens with one attached hydrogen (secondary N) is 2. The molecule has 1 fully saturated rings. The predicted molar refractivity (Wildman–Crippen MR) is 80.5 cm³/mol. The van der Waals surface area contributed by atoms with Crippen LogP contribution in [0.5, 0.6) is 0 Å². The molecule has 3 nitrogen and oxygen atoms in total. The lowest BCUT2D eigenvalue weighted by atomic mass is 10.1. The van der Waals surface area contributed by atoms with Gasteiger partial charge in [-0.3, -0.25) is 4.79 Å². The summed E-state index contributed by atoms with van der Waals surface area (Å²) in [6, 6.07) is 8.48. The van der Waals surface area contributed by atoms with Gasteiger partial charge in [-0.15, -0.1) is 0 Å². The first-order valence-corrected chi connectivity index (χ1v) is 7.90. The van der Waals surface area contributed by atoms with Crippen LogP contribution in [-0.2, 0) is 11.2 Å². The number of para-hydroxylation sites is 1. The highest BCUT2D eigenvalue weighted by Gasteiger charge is 2.16. The standard InChI is InChI=1S/C15H18N2OS/c18-15(17-12-5-7-19-8-6-12)9-11-10-16-14-4-2-1-3-13(11)14/h1-4,10,12,16H,5-9H2,(H,17,18). The molecule has 1 aliphatic rings. The van der Waals surface area contributed by atoms with Gasteiger partial charge in [0.2, 0.25) is 5.91 Å². The Morgan fingerprint density at radius 2 is 2.11 bits per heavy atom. The van der Waals surface area contributed by atoms with E-state index in [-0.39, 0.29) is 5.91 Å². The van der Waals surface area contributed by atoms with Gasteiger partial charge in [-0.05, 0) is 36.0 Å². The highest BCUT2D eigenvalue weighted by molar-refractivity contribution is 7.99. The van der Waals surface area contributed by atoms with Crippen LogP contribution in [0.25, 0.3) is 10.9 Å². The number of hydrogen-bond acceptors (Lipinski definition) is 2. The molecule has 1 amide bonds. The van der Waals surface area contributed by atoms with E-state index in [4.69, 9.17) is 0 Å². The molecule has 0 spiro atoms. The van der Waals surface area contributed by atoms with Crippen molar-refractivity contribution in [2.24, 2.45) is 0 Å². The summed E-state index contributed by atoms with van der Waals surface area (Å²) in [7, 11) is 0. The molecule has 4 heteroatoms. The van der Waals surface area contributed by atoms with Crippen molar-refractivity contribution in [3.05, 3.63) is 36.0 Å². The maximum absolute atomic E-state index is 12.1. The summed E-state index contributed by atoms with van der Waals surface area (Å²) >= 11 is 1.98. The number of thioether (sulfide) groups is 1. The van der Waals surface area contributed by atoms with E-state index < -0.39 is 0 Å². The van der Waals surface area contributed by atoms with Gasteiger partial charge in [0.15, 0.2) is 0 Å². The third kappa shape index (κ3) is 2.95. The minimum Gasteiger partial charge on any atom is -0.361 e. The molecule has 0 aliphatic carbocycles. The summed E-state index contributed by atoms with van der Waals surface area (Å²) in [4.78, 5) is 15.3. The summed E-state index contributed by atoms with van der Waals surface area (Å²) in [6.45, 7) is 0. The maximum Gasteiger partial charge on any atom is 0.224 e. The van der Waals surface area contributed by atoms with E-state index in [9.17, 15) is 4.79 Å². The van der Waals surface area contributed by atoms with Gasteiger partial charge in [0.25, 0.3) is 0 Å². The number of fused-ring (bicyclic) bond motifs is 1. The van der Waals surface area contributed by atoms with Gasteiger partial charge in [0.1, 0.15) is 0 Å². The summed E-state index contributed by atoms with van der Waals surface area (Å²) in [5.41, 5.74) is 2.18. The van der Waals surface area contributed by atoms with Crippen molar-refractivity contribution < 1.29 is 4.79 Å². The van der Waals surface area contributed by atoms with Crippen molar-refractivity contribution in [3.63, 3.8) is 0 Å². The number of rotatable bonds is 3. The molecule has 0 radical (unpaired) electrons. The molecule has 1 aromatic heterocycles. The molecule has 2 N–H and O–H groups in total. The monoisotopic (exact) mass is 274 g/mol. The molecule has 0 atom stereocenters. The van der Waals surface area contributed by atoms with Crippen LogP contribution >= 0.6 is 11.8 Å². The van der Waals surface area contributed by atoms with E-state index in [1.54, 1.807) is 0 Å². The highest BCUT2D eigenvalue weighted by Crippen LogP contribution is 2.19. The fourth-order valence-corrected chi connectivity index (χ4v) is 3.68. The van der Waals surface area contributed by atoms with Crippen LogP contribution in [-0.4, -0.2) is 28.4 Å². The first-order chi connectivity index (χ1) is 9.33. The fourth-order valence-electron chi connectivity index (χ4n) is 2.57. The number of amides is 1. The van der Waals surface area contributed by atoms with Crippen molar-refractivity contribution in [2.75, 3.05) is 11.5 Å². The van der Waals surface area contributed by atoms with E-state index >= 15 is 0 Å². The number of aromatic amines is 1. The average molecular weight is 274 g/mol. The largest absolute Gasteiger partial charge is 0.361 e. The van der Waals surface area contributed by atoms with Crippen LogP contribution in [0, 0.1) is 0 Å². The Kier molecular flexibility index (Phi) is 3.78. The van der Waals surface area contributed by atoms with Crippen molar-refractivity contribution in [1.29, 1.82) is 0 Å². The number of hydrogen-bond donors (Lipinski definition) is 2. The van der Waals surface area contributed by atoms with Crippen LogP contribution in [0.1, 0.15) is 18.4 Å². The third-order valence-corrected chi connectivity index (χ3v) is 4.66. The zero-order valence-corrected chi connectivity index (χ0v) is 11.6. The maximum atomic E-state index is 12.1. The van der Waals surface area contributed by atoms with Crippen molar-refractivity contribution in [2.45, 2.75) is 25.3 Å². The Morgan fingerprint density at radius 3 is 2.95 bits per heavy atom. The van der Waals surface area contributed by atoms with E-state index in [0.29, 0.717) is 12.5 Å². The molecule has 1 saturated heterocycles. The van der Waals surface area contributed by atoms with Gasteiger partial charge >= 0.3 is 0 Å². The summed E-state index contributed by atoms with van der Waals surface area (Å²) in [6.07, 6.45) is 4.61. The van der Waals surface area contributed by atoms with Gasteiger partial charge in [0, 0.05) is 23.1 Å². The molecule has 3 rings (SSSR count). The summed E-state index contributed by atoms with van der Waals surface area (Å²) in [5.74, 6) is 2.47. The van der Waals surface area contributed by atoms with Crippen molar-refractivity contribution >= 4 is 28.6 Å². The highest BCUT2D eigenvalue weighted by atomic mass is 32.2. The number of carbonyl (C=O) groups excluding carboxylic acids is 1. The lowest BCUT2D eigenvalue weighted by Crippen LogP contribution is -2.38. The van der Waals surface area contributed by atoms with Crippen molar-refractivity contribution in [3.8, 4) is 0 Å². The van der Waals surface area contributed by atoms with Gasteiger partial charge in [0.05, 0.1) is 6.42 Å². The minimum atomic E-state index is 0.140. The average Bonchev–Trinajstić information content (AvgIpc) is 2.83. The normalized spacial score (nSPS) is 16.6. The Labute approximate surface area is 117 Å². The Bertz CT molecular complexity index is 572. The minimum absolute atomic E-state index is 0.140. The molecule has 0 saturated carbocycles. The molecule has 19 heavy (non-hydrogen) atoms. The molecule has 1 aliphatic heterocycles. The zero-order valence-electron chi connectivity index (χ0n) is 10.8. The Morgan fingerprint density at radius 1 is 1.32 bits per heavy atom. The van der Waals surface area contributed by atoms with Crippen molar-refractivity contribution in [1.82, 2.24) is 10.3 Å².